The Balaban J connectivity index is 0.000000216. The van der Waals surface area contributed by atoms with Crippen LogP contribution in [0.25, 0.3) is 22.4 Å². The summed E-state index contributed by atoms with van der Waals surface area (Å²) < 4.78 is 43.4. The van der Waals surface area contributed by atoms with Gasteiger partial charge in [-0.15, -0.1) is 0 Å². The molecule has 0 saturated carbocycles. The second-order valence-corrected chi connectivity index (χ2v) is 8.30. The van der Waals surface area contributed by atoms with E-state index in [1.807, 2.05) is 33.9 Å². The van der Waals surface area contributed by atoms with Gasteiger partial charge in [0, 0.05) is 30.3 Å². The molecule has 37 heavy (non-hydrogen) atoms. The summed E-state index contributed by atoms with van der Waals surface area (Å²) in [7, 11) is 0. The Labute approximate surface area is 214 Å². The van der Waals surface area contributed by atoms with Gasteiger partial charge in [-0.3, -0.25) is 9.97 Å². The molecule has 4 aromatic heterocycles. The van der Waals surface area contributed by atoms with Crippen molar-refractivity contribution in [3.63, 3.8) is 0 Å². The normalized spacial score (nSPS) is 15.3. The maximum Gasteiger partial charge on any atom is 0.433 e. The molecule has 196 valence electrons. The van der Waals surface area contributed by atoms with Gasteiger partial charge in [0.15, 0.2) is 5.65 Å². The number of halogens is 3. The van der Waals surface area contributed by atoms with Gasteiger partial charge in [0.1, 0.15) is 23.2 Å². The summed E-state index contributed by atoms with van der Waals surface area (Å²) in [6, 6.07) is 6.41. The zero-order valence-electron chi connectivity index (χ0n) is 21.7. The minimum atomic E-state index is -4.47. The molecule has 0 aliphatic carbocycles. The van der Waals surface area contributed by atoms with E-state index in [4.69, 9.17) is 4.74 Å². The first-order chi connectivity index (χ1) is 17.7. The van der Waals surface area contributed by atoms with Crippen LogP contribution >= 0.6 is 0 Å². The monoisotopic (exact) mass is 512 g/mol. The average molecular weight is 513 g/mol. The highest BCUT2D eigenvalue weighted by Gasteiger charge is 2.32. The van der Waals surface area contributed by atoms with Crippen molar-refractivity contribution in [1.82, 2.24) is 29.9 Å². The number of rotatable bonds is 2. The zero-order chi connectivity index (χ0) is 27.0. The van der Waals surface area contributed by atoms with Crippen LogP contribution in [-0.2, 0) is 10.9 Å². The molecule has 1 aliphatic heterocycles. The second kappa shape index (κ2) is 12.6. The van der Waals surface area contributed by atoms with Crippen LogP contribution in [0.3, 0.4) is 0 Å². The summed E-state index contributed by atoms with van der Waals surface area (Å²) in [6.45, 7) is 10.5. The second-order valence-electron chi connectivity index (χ2n) is 8.30. The van der Waals surface area contributed by atoms with E-state index in [9.17, 15) is 13.2 Å². The van der Waals surface area contributed by atoms with E-state index < -0.39 is 11.9 Å². The first-order valence-electron chi connectivity index (χ1n) is 12.3. The molecule has 5 heterocycles. The molecule has 10 heteroatoms. The van der Waals surface area contributed by atoms with Crippen LogP contribution in [0, 0.1) is 20.8 Å². The molecule has 0 aromatic carbocycles. The van der Waals surface area contributed by atoms with Gasteiger partial charge >= 0.3 is 6.18 Å². The van der Waals surface area contributed by atoms with Crippen LogP contribution in [0.4, 0.5) is 13.2 Å². The van der Waals surface area contributed by atoms with E-state index in [0.717, 1.165) is 36.7 Å². The van der Waals surface area contributed by atoms with E-state index >= 15 is 0 Å². The molecular formula is C27H31F3N6O. The Bertz CT molecular complexity index is 1310. The van der Waals surface area contributed by atoms with Crippen molar-refractivity contribution in [2.45, 2.75) is 66.2 Å². The molecule has 7 nitrogen and oxygen atoms in total. The number of aryl methyl sites for hydroxylation is 3. The lowest BCUT2D eigenvalue weighted by Gasteiger charge is -2.22. The summed E-state index contributed by atoms with van der Waals surface area (Å²) in [4.78, 5) is 24.5. The van der Waals surface area contributed by atoms with Crippen molar-refractivity contribution in [3.05, 3.63) is 71.3 Å². The predicted octanol–water partition coefficient (Wildman–Crippen LogP) is 6.78. The van der Waals surface area contributed by atoms with Gasteiger partial charge in [-0.2, -0.15) is 13.2 Å². The topological polar surface area (TPSA) is 86.6 Å². The van der Waals surface area contributed by atoms with Crippen LogP contribution in [0.2, 0.25) is 0 Å². The third-order valence-electron chi connectivity index (χ3n) is 5.68. The number of nitrogens with zero attached hydrogens (tertiary/aromatic N) is 6. The Morgan fingerprint density at radius 3 is 2.27 bits per heavy atom. The van der Waals surface area contributed by atoms with Gasteiger partial charge in [0.2, 0.25) is 0 Å². The van der Waals surface area contributed by atoms with Crippen molar-refractivity contribution < 1.29 is 17.9 Å². The van der Waals surface area contributed by atoms with Gasteiger partial charge in [0.25, 0.3) is 0 Å². The number of alkyl halides is 3. The SMILES string of the molecule is CC.Cc1cc(C2CCCCO2)ccn1.Cc1nc2ncnc(-c3ccc(C(F)(F)F)nc3)c2nc1C. The fourth-order valence-corrected chi connectivity index (χ4v) is 3.73. The van der Waals surface area contributed by atoms with Gasteiger partial charge < -0.3 is 4.74 Å². The van der Waals surface area contributed by atoms with Crippen molar-refractivity contribution in [1.29, 1.82) is 0 Å². The van der Waals surface area contributed by atoms with Crippen LogP contribution < -0.4 is 0 Å². The Morgan fingerprint density at radius 2 is 1.65 bits per heavy atom. The molecule has 1 unspecified atom stereocenters. The highest BCUT2D eigenvalue weighted by molar-refractivity contribution is 5.86. The van der Waals surface area contributed by atoms with Gasteiger partial charge in [-0.1, -0.05) is 13.8 Å². The Kier molecular flexibility index (Phi) is 9.57. The molecule has 0 bridgehead atoms. The van der Waals surface area contributed by atoms with Crippen molar-refractivity contribution >= 4 is 11.2 Å². The van der Waals surface area contributed by atoms with Crippen LogP contribution in [0.15, 0.2) is 43.0 Å². The first kappa shape index (κ1) is 28.0. The maximum absolute atomic E-state index is 12.6. The highest BCUT2D eigenvalue weighted by atomic mass is 19.4. The van der Waals surface area contributed by atoms with Crippen molar-refractivity contribution in [3.8, 4) is 11.3 Å². The fourth-order valence-electron chi connectivity index (χ4n) is 3.73. The zero-order valence-corrected chi connectivity index (χ0v) is 21.7. The number of hydrogen-bond acceptors (Lipinski definition) is 7. The van der Waals surface area contributed by atoms with Gasteiger partial charge in [-0.25, -0.2) is 19.9 Å². The van der Waals surface area contributed by atoms with Crippen LogP contribution in [0.5, 0.6) is 0 Å². The van der Waals surface area contributed by atoms with Crippen LogP contribution in [0.1, 0.15) is 67.6 Å². The molecule has 5 rings (SSSR count). The molecule has 4 aromatic rings. The van der Waals surface area contributed by atoms with E-state index in [1.165, 1.54) is 30.8 Å². The van der Waals surface area contributed by atoms with E-state index in [2.05, 4.69) is 42.0 Å². The van der Waals surface area contributed by atoms with E-state index in [1.54, 1.807) is 6.92 Å². The number of fused-ring (bicyclic) bond motifs is 1. The average Bonchev–Trinajstić information content (AvgIpc) is 2.91. The fraction of sp³-hybridized carbons (Fsp3) is 0.407. The van der Waals surface area contributed by atoms with Crippen molar-refractivity contribution in [2.24, 2.45) is 0 Å². The summed E-state index contributed by atoms with van der Waals surface area (Å²) in [5.74, 6) is 0. The van der Waals surface area contributed by atoms with Gasteiger partial charge in [-0.05, 0) is 69.9 Å². The molecule has 1 aliphatic rings. The standard InChI is InChI=1S/C14H10F3N5.C11H15NO.C2H6/c1-7-8(2)22-13-12(21-7)11(19-6-20-13)9-3-4-10(18-5-9)14(15,16)17;1-9-8-10(5-6-12-9)11-4-2-3-7-13-11;1-2/h3-6H,1-2H3;5-6,8,11H,2-4,7H2,1H3;1-2H3. The molecule has 0 amide bonds. The molecule has 1 fully saturated rings. The molecule has 0 spiro atoms. The van der Waals surface area contributed by atoms with Crippen LogP contribution in [-0.4, -0.2) is 36.5 Å². The molecule has 1 atom stereocenters. The highest BCUT2D eigenvalue weighted by Crippen LogP contribution is 2.30. The lowest BCUT2D eigenvalue weighted by Crippen LogP contribution is -2.11. The van der Waals surface area contributed by atoms with Crippen molar-refractivity contribution in [2.75, 3.05) is 6.61 Å². The third kappa shape index (κ3) is 7.25. The lowest BCUT2D eigenvalue weighted by atomic mass is 10.0. The number of hydrogen-bond donors (Lipinski definition) is 0. The molecule has 1 saturated heterocycles. The largest absolute Gasteiger partial charge is 0.433 e. The number of pyridine rings is 2. The predicted molar refractivity (Wildman–Crippen MR) is 136 cm³/mol. The molecular weight excluding hydrogens is 481 g/mol. The third-order valence-corrected chi connectivity index (χ3v) is 5.68. The first-order valence-corrected chi connectivity index (χ1v) is 12.3. The quantitative estimate of drug-likeness (QED) is 0.293. The lowest BCUT2D eigenvalue weighted by molar-refractivity contribution is -0.141. The minimum Gasteiger partial charge on any atom is -0.374 e. The van der Waals surface area contributed by atoms with E-state index in [0.29, 0.717) is 34.2 Å². The number of ether oxygens (including phenoxy) is 1. The summed E-state index contributed by atoms with van der Waals surface area (Å²) >= 11 is 0. The minimum absolute atomic E-state index is 0.315. The smallest absolute Gasteiger partial charge is 0.374 e. The summed E-state index contributed by atoms with van der Waals surface area (Å²) in [5, 5.41) is 0. The maximum atomic E-state index is 12.6. The van der Waals surface area contributed by atoms with Gasteiger partial charge in [0.05, 0.1) is 17.5 Å². The van der Waals surface area contributed by atoms with E-state index in [-0.39, 0.29) is 0 Å². The Hall–Kier alpha value is -3.53. The number of aromatic nitrogens is 6. The molecule has 0 radical (unpaired) electrons. The Morgan fingerprint density at radius 1 is 0.892 bits per heavy atom. The summed E-state index contributed by atoms with van der Waals surface area (Å²) in [5.41, 5.74) is 4.53. The summed E-state index contributed by atoms with van der Waals surface area (Å²) in [6.07, 6.45) is 3.79. The molecule has 0 N–H and O–H groups in total.